The molecule has 1 aromatic rings. The van der Waals surface area contributed by atoms with E-state index >= 15 is 0 Å². The molecule has 2 rings (SSSR count). The molecule has 1 heterocycles. The van der Waals surface area contributed by atoms with E-state index in [2.05, 4.69) is 15.5 Å². The van der Waals surface area contributed by atoms with Gasteiger partial charge in [-0.3, -0.25) is 0 Å². The molecule has 0 amide bonds. The van der Waals surface area contributed by atoms with Crippen LogP contribution in [0.5, 0.6) is 0 Å². The predicted molar refractivity (Wildman–Crippen MR) is 48.5 cm³/mol. The summed E-state index contributed by atoms with van der Waals surface area (Å²) in [4.78, 5) is 4.34. The van der Waals surface area contributed by atoms with Crippen LogP contribution in [0.25, 0.3) is 0 Å². The van der Waals surface area contributed by atoms with E-state index in [-0.39, 0.29) is 0 Å². The van der Waals surface area contributed by atoms with Gasteiger partial charge in [0.25, 0.3) is 0 Å². The summed E-state index contributed by atoms with van der Waals surface area (Å²) in [5, 5.41) is 7.04. The van der Waals surface area contributed by atoms with Gasteiger partial charge in [0.1, 0.15) is 0 Å². The molecule has 72 valence electrons. The highest BCUT2D eigenvalue weighted by molar-refractivity contribution is 5.03. The van der Waals surface area contributed by atoms with Crippen molar-refractivity contribution in [2.75, 3.05) is 13.6 Å². The van der Waals surface area contributed by atoms with Crippen molar-refractivity contribution < 1.29 is 4.52 Å². The first-order valence-corrected chi connectivity index (χ1v) is 4.87. The van der Waals surface area contributed by atoms with Gasteiger partial charge in [-0.2, -0.15) is 4.98 Å². The van der Waals surface area contributed by atoms with Gasteiger partial charge in [0.05, 0.1) is 0 Å². The molecule has 1 fully saturated rings. The van der Waals surface area contributed by atoms with E-state index in [0.29, 0.717) is 5.92 Å². The van der Waals surface area contributed by atoms with Gasteiger partial charge in [-0.15, -0.1) is 0 Å². The number of rotatable bonds is 5. The molecule has 0 aliphatic heterocycles. The molecule has 13 heavy (non-hydrogen) atoms. The van der Waals surface area contributed by atoms with Crippen molar-refractivity contribution >= 4 is 0 Å². The fraction of sp³-hybridized carbons (Fsp3) is 0.778. The summed E-state index contributed by atoms with van der Waals surface area (Å²) in [6.45, 7) is 1.00. The molecular weight excluding hydrogens is 166 g/mol. The highest BCUT2D eigenvalue weighted by Crippen LogP contribution is 2.38. The summed E-state index contributed by atoms with van der Waals surface area (Å²) in [6.07, 6.45) is 4.41. The zero-order chi connectivity index (χ0) is 9.10. The van der Waals surface area contributed by atoms with Crippen LogP contribution in [-0.2, 0) is 6.42 Å². The number of nitrogens with zero attached hydrogens (tertiary/aromatic N) is 2. The lowest BCUT2D eigenvalue weighted by atomic mass is 10.3. The van der Waals surface area contributed by atoms with Crippen molar-refractivity contribution in [3.8, 4) is 0 Å². The third-order valence-corrected chi connectivity index (χ3v) is 2.24. The van der Waals surface area contributed by atoms with Gasteiger partial charge in [-0.05, 0) is 32.9 Å². The van der Waals surface area contributed by atoms with Crippen LogP contribution in [0.3, 0.4) is 0 Å². The molecule has 0 spiro atoms. The average molecular weight is 181 g/mol. The quantitative estimate of drug-likeness (QED) is 0.691. The van der Waals surface area contributed by atoms with E-state index in [0.717, 1.165) is 31.1 Å². The first-order chi connectivity index (χ1) is 6.40. The molecule has 0 unspecified atom stereocenters. The normalized spacial score (nSPS) is 16.4. The van der Waals surface area contributed by atoms with Crippen LogP contribution < -0.4 is 5.32 Å². The molecule has 4 nitrogen and oxygen atoms in total. The monoisotopic (exact) mass is 181 g/mol. The van der Waals surface area contributed by atoms with Crippen LogP contribution in [0.1, 0.15) is 36.9 Å². The Balaban J connectivity index is 1.82. The topological polar surface area (TPSA) is 51.0 Å². The van der Waals surface area contributed by atoms with Gasteiger partial charge in [-0.1, -0.05) is 5.16 Å². The Kier molecular flexibility index (Phi) is 2.59. The average Bonchev–Trinajstić information content (AvgIpc) is 2.88. The Morgan fingerprint density at radius 2 is 2.38 bits per heavy atom. The van der Waals surface area contributed by atoms with Crippen molar-refractivity contribution in [2.45, 2.75) is 31.6 Å². The molecule has 0 bridgehead atoms. The maximum Gasteiger partial charge on any atom is 0.226 e. The van der Waals surface area contributed by atoms with Crippen LogP contribution in [0, 0.1) is 0 Å². The fourth-order valence-corrected chi connectivity index (χ4v) is 1.29. The molecule has 1 N–H and O–H groups in total. The fourth-order valence-electron chi connectivity index (χ4n) is 1.29. The Labute approximate surface area is 77.7 Å². The summed E-state index contributed by atoms with van der Waals surface area (Å²) in [5.41, 5.74) is 0. The van der Waals surface area contributed by atoms with E-state index < -0.39 is 0 Å². The molecule has 1 saturated carbocycles. The lowest BCUT2D eigenvalue weighted by Gasteiger charge is -1.93. The highest BCUT2D eigenvalue weighted by atomic mass is 16.5. The molecule has 1 aromatic heterocycles. The predicted octanol–water partition coefficient (Wildman–Crippen LogP) is 1.10. The van der Waals surface area contributed by atoms with E-state index in [1.54, 1.807) is 0 Å². The molecular formula is C9H15N3O. The largest absolute Gasteiger partial charge is 0.339 e. The zero-order valence-electron chi connectivity index (χ0n) is 7.92. The minimum absolute atomic E-state index is 0.599. The summed E-state index contributed by atoms with van der Waals surface area (Å²) in [7, 11) is 1.95. The van der Waals surface area contributed by atoms with Crippen LogP contribution >= 0.6 is 0 Å². The van der Waals surface area contributed by atoms with Gasteiger partial charge in [0.2, 0.25) is 5.89 Å². The molecule has 0 saturated heterocycles. The van der Waals surface area contributed by atoms with Crippen molar-refractivity contribution in [1.29, 1.82) is 0 Å². The van der Waals surface area contributed by atoms with Gasteiger partial charge in [0, 0.05) is 12.3 Å². The van der Waals surface area contributed by atoms with Gasteiger partial charge < -0.3 is 9.84 Å². The van der Waals surface area contributed by atoms with Crippen LogP contribution in [0.2, 0.25) is 0 Å². The number of nitrogens with one attached hydrogen (secondary N) is 1. The number of hydrogen-bond donors (Lipinski definition) is 1. The van der Waals surface area contributed by atoms with Crippen molar-refractivity contribution in [3.63, 3.8) is 0 Å². The lowest BCUT2D eigenvalue weighted by Crippen LogP contribution is -2.08. The Bertz CT molecular complexity index is 268. The summed E-state index contributed by atoms with van der Waals surface area (Å²) >= 11 is 0. The van der Waals surface area contributed by atoms with Crippen LogP contribution in [0.4, 0.5) is 0 Å². The molecule has 1 aliphatic rings. The van der Waals surface area contributed by atoms with Gasteiger partial charge in [0.15, 0.2) is 5.82 Å². The Hall–Kier alpha value is -0.900. The highest BCUT2D eigenvalue weighted by Gasteiger charge is 2.28. The minimum Gasteiger partial charge on any atom is -0.339 e. The Morgan fingerprint density at radius 3 is 3.08 bits per heavy atom. The van der Waals surface area contributed by atoms with E-state index in [9.17, 15) is 0 Å². The zero-order valence-corrected chi connectivity index (χ0v) is 7.92. The maximum atomic E-state index is 5.12. The van der Waals surface area contributed by atoms with E-state index in [1.165, 1.54) is 12.8 Å². The number of aromatic nitrogens is 2. The van der Waals surface area contributed by atoms with Crippen LogP contribution in [0.15, 0.2) is 4.52 Å². The molecule has 1 aliphatic carbocycles. The summed E-state index contributed by atoms with van der Waals surface area (Å²) in [6, 6.07) is 0. The van der Waals surface area contributed by atoms with Crippen molar-refractivity contribution in [1.82, 2.24) is 15.5 Å². The van der Waals surface area contributed by atoms with E-state index in [4.69, 9.17) is 4.52 Å². The maximum absolute atomic E-state index is 5.12. The number of aryl methyl sites for hydroxylation is 1. The molecule has 0 aromatic carbocycles. The second kappa shape index (κ2) is 3.87. The minimum atomic E-state index is 0.599. The molecule has 0 radical (unpaired) electrons. The molecule has 0 atom stereocenters. The van der Waals surface area contributed by atoms with Gasteiger partial charge >= 0.3 is 0 Å². The first kappa shape index (κ1) is 8.69. The van der Waals surface area contributed by atoms with Crippen LogP contribution in [-0.4, -0.2) is 23.7 Å². The second-order valence-electron chi connectivity index (χ2n) is 3.53. The van der Waals surface area contributed by atoms with Gasteiger partial charge in [-0.25, -0.2) is 0 Å². The third-order valence-electron chi connectivity index (χ3n) is 2.24. The summed E-state index contributed by atoms with van der Waals surface area (Å²) < 4.78 is 5.12. The summed E-state index contributed by atoms with van der Waals surface area (Å²) in [5.74, 6) is 2.30. The second-order valence-corrected chi connectivity index (χ2v) is 3.53. The third kappa shape index (κ3) is 2.28. The van der Waals surface area contributed by atoms with Crippen molar-refractivity contribution in [2.24, 2.45) is 0 Å². The smallest absolute Gasteiger partial charge is 0.226 e. The van der Waals surface area contributed by atoms with Crippen molar-refractivity contribution in [3.05, 3.63) is 11.7 Å². The number of hydrogen-bond acceptors (Lipinski definition) is 4. The Morgan fingerprint density at radius 1 is 1.54 bits per heavy atom. The lowest BCUT2D eigenvalue weighted by molar-refractivity contribution is 0.370. The first-order valence-electron chi connectivity index (χ1n) is 4.87. The SMILES string of the molecule is CNCCCc1nc(C2CC2)no1. The standard InChI is InChI=1S/C9H15N3O/c1-10-6-2-3-8-11-9(12-13-8)7-4-5-7/h7,10H,2-6H2,1H3. The molecule has 4 heteroatoms. The van der Waals surface area contributed by atoms with E-state index in [1.807, 2.05) is 7.05 Å².